The summed E-state index contributed by atoms with van der Waals surface area (Å²) in [6.07, 6.45) is 0.591. The second kappa shape index (κ2) is 6.70. The molecule has 0 spiro atoms. The summed E-state index contributed by atoms with van der Waals surface area (Å²) in [5, 5.41) is 1.31. The van der Waals surface area contributed by atoms with Crippen LogP contribution < -0.4 is 10.3 Å². The second-order valence-corrected chi connectivity index (χ2v) is 8.68. The smallest absolute Gasteiger partial charge is 0.336 e. The first-order chi connectivity index (χ1) is 11.8. The van der Waals surface area contributed by atoms with E-state index >= 15 is 0 Å². The summed E-state index contributed by atoms with van der Waals surface area (Å²) in [5.74, 6) is 0. The van der Waals surface area contributed by atoms with E-state index in [9.17, 15) is 13.2 Å². The number of nitrogens with one attached hydrogen (secondary N) is 1. The fourth-order valence-corrected chi connectivity index (χ4v) is 4.88. The average Bonchev–Trinajstić information content (AvgIpc) is 2.91. The Morgan fingerprint density at radius 2 is 2.00 bits per heavy atom. The third-order valence-corrected chi connectivity index (χ3v) is 6.61. The van der Waals surface area contributed by atoms with Crippen LogP contribution in [-0.4, -0.2) is 13.4 Å². The van der Waals surface area contributed by atoms with Gasteiger partial charge < -0.3 is 4.42 Å². The van der Waals surface area contributed by atoms with Crippen molar-refractivity contribution in [3.63, 3.8) is 0 Å². The average molecular weight is 378 g/mol. The van der Waals surface area contributed by atoms with Crippen molar-refractivity contribution in [1.29, 1.82) is 0 Å². The summed E-state index contributed by atoms with van der Waals surface area (Å²) in [6.45, 7) is 5.79. The number of aromatic nitrogens is 1. The zero-order valence-corrected chi connectivity index (χ0v) is 15.7. The quantitative estimate of drug-likeness (QED) is 0.688. The monoisotopic (exact) mass is 378 g/mol. The van der Waals surface area contributed by atoms with Gasteiger partial charge in [0.1, 0.15) is 10.6 Å². The van der Waals surface area contributed by atoms with Crippen LogP contribution in [0.3, 0.4) is 0 Å². The molecule has 2 heterocycles. The van der Waals surface area contributed by atoms with Crippen LogP contribution in [0, 0.1) is 13.8 Å². The van der Waals surface area contributed by atoms with E-state index in [1.807, 2.05) is 20.8 Å². The van der Waals surface area contributed by atoms with E-state index in [0.29, 0.717) is 17.4 Å². The van der Waals surface area contributed by atoms with E-state index in [1.54, 1.807) is 6.07 Å². The van der Waals surface area contributed by atoms with Gasteiger partial charge in [0, 0.05) is 16.3 Å². The fraction of sp³-hybridized carbons (Fsp3) is 0.294. The first-order valence-corrected chi connectivity index (χ1v) is 10.1. The van der Waals surface area contributed by atoms with Gasteiger partial charge in [0.2, 0.25) is 10.0 Å². The first-order valence-electron chi connectivity index (χ1n) is 7.80. The van der Waals surface area contributed by atoms with E-state index in [-0.39, 0.29) is 10.9 Å². The number of thiazole rings is 1. The van der Waals surface area contributed by atoms with Crippen LogP contribution in [0.15, 0.2) is 44.4 Å². The van der Waals surface area contributed by atoms with Crippen LogP contribution in [0.1, 0.15) is 35.0 Å². The van der Waals surface area contributed by atoms with Crippen molar-refractivity contribution < 1.29 is 12.8 Å². The molecule has 0 saturated heterocycles. The van der Waals surface area contributed by atoms with Crippen LogP contribution in [0.2, 0.25) is 0 Å². The molecule has 25 heavy (non-hydrogen) atoms. The summed E-state index contributed by atoms with van der Waals surface area (Å²) in [7, 11) is -3.73. The standard InChI is InChI=1S/C17H18N2O4S2/c1-4-14(17-18-10(2)11(3)24-17)19-25(21,22)13-6-7-15-12(9-13)5-8-16(20)23-15/h5-9,14,19H,4H2,1-3H3/t14-/m0/s1. The zero-order valence-electron chi connectivity index (χ0n) is 14.1. The highest BCUT2D eigenvalue weighted by atomic mass is 32.2. The maximum absolute atomic E-state index is 12.8. The minimum Gasteiger partial charge on any atom is -0.423 e. The van der Waals surface area contributed by atoms with Crippen LogP contribution in [0.4, 0.5) is 0 Å². The van der Waals surface area contributed by atoms with Gasteiger partial charge in [0.25, 0.3) is 0 Å². The van der Waals surface area contributed by atoms with Crippen molar-refractivity contribution in [3.8, 4) is 0 Å². The molecule has 6 nitrogen and oxygen atoms in total. The van der Waals surface area contributed by atoms with Gasteiger partial charge in [-0.15, -0.1) is 11.3 Å². The third kappa shape index (κ3) is 3.65. The minimum absolute atomic E-state index is 0.122. The molecule has 0 aliphatic heterocycles. The van der Waals surface area contributed by atoms with Gasteiger partial charge in [-0.1, -0.05) is 6.92 Å². The molecule has 2 aromatic heterocycles. The molecule has 0 radical (unpaired) electrons. The second-order valence-electron chi connectivity index (χ2n) is 5.73. The predicted molar refractivity (Wildman–Crippen MR) is 97.4 cm³/mol. The normalized spacial score (nSPS) is 13.2. The predicted octanol–water partition coefficient (Wildman–Crippen LogP) is 3.30. The van der Waals surface area contributed by atoms with Crippen molar-refractivity contribution in [1.82, 2.24) is 9.71 Å². The lowest BCUT2D eigenvalue weighted by Crippen LogP contribution is -2.28. The Kier molecular flexibility index (Phi) is 4.77. The van der Waals surface area contributed by atoms with Gasteiger partial charge in [-0.3, -0.25) is 0 Å². The lowest BCUT2D eigenvalue weighted by atomic mass is 10.2. The molecule has 0 aliphatic rings. The molecule has 3 rings (SSSR count). The lowest BCUT2D eigenvalue weighted by molar-refractivity contribution is 0.548. The molecule has 0 amide bonds. The van der Waals surface area contributed by atoms with Crippen molar-refractivity contribution in [2.75, 3.05) is 0 Å². The zero-order chi connectivity index (χ0) is 18.2. The first kappa shape index (κ1) is 17.8. The van der Waals surface area contributed by atoms with Crippen LogP contribution in [0.5, 0.6) is 0 Å². The molecule has 0 saturated carbocycles. The molecular formula is C17H18N2O4S2. The molecule has 8 heteroatoms. The Morgan fingerprint density at radius 1 is 1.24 bits per heavy atom. The number of sulfonamides is 1. The van der Waals surface area contributed by atoms with E-state index in [4.69, 9.17) is 4.42 Å². The molecule has 132 valence electrons. The maximum Gasteiger partial charge on any atom is 0.336 e. The largest absolute Gasteiger partial charge is 0.423 e. The Morgan fingerprint density at radius 3 is 2.64 bits per heavy atom. The molecular weight excluding hydrogens is 360 g/mol. The number of fused-ring (bicyclic) bond motifs is 1. The molecule has 3 aromatic rings. The summed E-state index contributed by atoms with van der Waals surface area (Å²) < 4.78 is 33.3. The van der Waals surface area contributed by atoms with E-state index in [0.717, 1.165) is 15.6 Å². The molecule has 1 aromatic carbocycles. The number of benzene rings is 1. The van der Waals surface area contributed by atoms with Gasteiger partial charge in [0.05, 0.1) is 16.6 Å². The summed E-state index contributed by atoms with van der Waals surface area (Å²) >= 11 is 1.50. The van der Waals surface area contributed by atoms with Crippen LogP contribution in [0.25, 0.3) is 11.0 Å². The highest BCUT2D eigenvalue weighted by Crippen LogP contribution is 2.27. The van der Waals surface area contributed by atoms with Crippen molar-refractivity contribution in [2.24, 2.45) is 0 Å². The minimum atomic E-state index is -3.73. The Hall–Kier alpha value is -2.03. The number of hydrogen-bond donors (Lipinski definition) is 1. The summed E-state index contributed by atoms with van der Waals surface area (Å²) in [6, 6.07) is 6.84. The van der Waals surface area contributed by atoms with Crippen molar-refractivity contribution in [3.05, 3.63) is 56.3 Å². The Labute approximate surface area is 149 Å². The van der Waals surface area contributed by atoms with E-state index in [1.165, 1.54) is 35.6 Å². The third-order valence-electron chi connectivity index (χ3n) is 3.95. The Bertz CT molecular complexity index is 1060. The van der Waals surface area contributed by atoms with Gasteiger partial charge in [-0.25, -0.2) is 22.9 Å². The van der Waals surface area contributed by atoms with Gasteiger partial charge in [0.15, 0.2) is 0 Å². The van der Waals surface area contributed by atoms with E-state index in [2.05, 4.69) is 9.71 Å². The number of nitrogens with zero attached hydrogens (tertiary/aromatic N) is 1. The van der Waals surface area contributed by atoms with Gasteiger partial charge in [-0.05, 0) is 44.5 Å². The molecule has 0 unspecified atom stereocenters. The highest BCUT2D eigenvalue weighted by molar-refractivity contribution is 7.89. The fourth-order valence-electron chi connectivity index (χ4n) is 2.43. The van der Waals surface area contributed by atoms with Crippen molar-refractivity contribution in [2.45, 2.75) is 38.1 Å². The van der Waals surface area contributed by atoms with Gasteiger partial charge >= 0.3 is 5.63 Å². The number of hydrogen-bond acceptors (Lipinski definition) is 6. The highest BCUT2D eigenvalue weighted by Gasteiger charge is 2.23. The molecule has 0 bridgehead atoms. The Balaban J connectivity index is 1.95. The van der Waals surface area contributed by atoms with Gasteiger partial charge in [-0.2, -0.15) is 0 Å². The molecule has 1 atom stereocenters. The van der Waals surface area contributed by atoms with Crippen molar-refractivity contribution >= 4 is 32.3 Å². The SMILES string of the molecule is CC[C@H](NS(=O)(=O)c1ccc2oc(=O)ccc2c1)c1nc(C)c(C)s1. The molecule has 0 fully saturated rings. The topological polar surface area (TPSA) is 89.3 Å². The lowest BCUT2D eigenvalue weighted by Gasteiger charge is -2.15. The molecule has 1 N–H and O–H groups in total. The van der Waals surface area contributed by atoms with Crippen LogP contribution in [-0.2, 0) is 10.0 Å². The summed E-state index contributed by atoms with van der Waals surface area (Å²) in [4.78, 5) is 16.9. The van der Waals surface area contributed by atoms with E-state index < -0.39 is 15.6 Å². The number of aryl methyl sites for hydroxylation is 2. The van der Waals surface area contributed by atoms with Crippen LogP contribution >= 0.6 is 11.3 Å². The maximum atomic E-state index is 12.8. The summed E-state index contributed by atoms with van der Waals surface area (Å²) in [5.41, 5.74) is 0.796. The number of rotatable bonds is 5. The molecule has 0 aliphatic carbocycles.